The third kappa shape index (κ3) is 123. The number of carboxylic acids is 2. The first-order valence-corrected chi connectivity index (χ1v) is 2.64. The highest BCUT2D eigenvalue weighted by Crippen LogP contribution is 1.66. The molecule has 0 saturated carbocycles. The summed E-state index contributed by atoms with van der Waals surface area (Å²) in [6, 6.07) is 0. The van der Waals surface area contributed by atoms with E-state index in [1.165, 1.54) is 0 Å². The van der Waals surface area contributed by atoms with E-state index in [1.807, 2.05) is 0 Å². The summed E-state index contributed by atoms with van der Waals surface area (Å²) in [4.78, 5) is 18.2. The van der Waals surface area contributed by atoms with Crippen LogP contribution in [-0.2, 0) is 9.59 Å². The maximum absolute atomic E-state index is 9.29. The minimum atomic E-state index is -1.08. The standard InChI is InChI=1S/C2H4O2S.C2H4O2/c3-2(4)1-5;1-2(3)4/h5H,1H2,(H,3,4);1H3,(H,3,4)/p-1. The zero-order valence-corrected chi connectivity index (χ0v) is 5.72. The van der Waals surface area contributed by atoms with Gasteiger partial charge in [-0.3, -0.25) is 4.79 Å². The highest BCUT2D eigenvalue weighted by Gasteiger charge is 1.81. The largest absolute Gasteiger partial charge is 0.550 e. The minimum Gasteiger partial charge on any atom is -0.550 e. The molecular formula is C4H7O4S-. The zero-order valence-electron chi connectivity index (χ0n) is 4.83. The van der Waals surface area contributed by atoms with Gasteiger partial charge in [0.25, 0.3) is 0 Å². The van der Waals surface area contributed by atoms with Gasteiger partial charge >= 0.3 is 5.97 Å². The topological polar surface area (TPSA) is 77.4 Å². The molecule has 54 valence electrons. The van der Waals surface area contributed by atoms with Crippen molar-refractivity contribution in [3.63, 3.8) is 0 Å². The van der Waals surface area contributed by atoms with Gasteiger partial charge in [-0.15, -0.1) is 0 Å². The van der Waals surface area contributed by atoms with E-state index in [-0.39, 0.29) is 5.75 Å². The Balaban J connectivity index is 0. The maximum atomic E-state index is 9.29. The molecule has 0 aromatic carbocycles. The Morgan fingerprint density at radius 1 is 1.67 bits per heavy atom. The lowest BCUT2D eigenvalue weighted by molar-refractivity contribution is -0.302. The van der Waals surface area contributed by atoms with Crippen LogP contribution in [0.3, 0.4) is 0 Å². The summed E-state index contributed by atoms with van der Waals surface area (Å²) < 4.78 is 0. The number of hydrogen-bond acceptors (Lipinski definition) is 4. The Morgan fingerprint density at radius 2 is 1.78 bits per heavy atom. The molecule has 0 radical (unpaired) electrons. The predicted molar refractivity (Wildman–Crippen MR) is 32.2 cm³/mol. The van der Waals surface area contributed by atoms with Crippen molar-refractivity contribution in [1.29, 1.82) is 0 Å². The number of rotatable bonds is 1. The summed E-state index contributed by atoms with van der Waals surface area (Å²) in [5.41, 5.74) is 0. The first-order chi connectivity index (χ1) is 4.00. The van der Waals surface area contributed by atoms with Crippen LogP contribution in [0.4, 0.5) is 0 Å². The molecule has 0 fully saturated rings. The summed E-state index contributed by atoms with van der Waals surface area (Å²) in [6.45, 7) is 0.972. The molecule has 9 heavy (non-hydrogen) atoms. The van der Waals surface area contributed by atoms with Crippen molar-refractivity contribution in [3.8, 4) is 0 Å². The van der Waals surface area contributed by atoms with Crippen LogP contribution in [0.2, 0.25) is 0 Å². The van der Waals surface area contributed by atoms with Crippen LogP contribution in [0.1, 0.15) is 6.92 Å². The van der Waals surface area contributed by atoms with E-state index in [4.69, 9.17) is 15.0 Å². The second-order valence-corrected chi connectivity index (χ2v) is 1.36. The van der Waals surface area contributed by atoms with Gasteiger partial charge in [-0.1, -0.05) is 0 Å². The van der Waals surface area contributed by atoms with Crippen LogP contribution in [0.5, 0.6) is 0 Å². The highest BCUT2D eigenvalue weighted by molar-refractivity contribution is 7.81. The molecule has 1 N–H and O–H groups in total. The maximum Gasteiger partial charge on any atom is 0.313 e. The molecule has 0 unspecified atom stereocenters. The van der Waals surface area contributed by atoms with E-state index in [1.54, 1.807) is 0 Å². The van der Waals surface area contributed by atoms with Crippen LogP contribution < -0.4 is 5.11 Å². The SMILES string of the molecule is CC(=O)[O-].O=C(O)CS. The Hall–Kier alpha value is -0.710. The Bertz CT molecular complexity index is 96.7. The van der Waals surface area contributed by atoms with Gasteiger partial charge in [0.05, 0.1) is 5.75 Å². The number of hydrogen-bond donors (Lipinski definition) is 2. The number of carbonyl (C=O) groups is 2. The van der Waals surface area contributed by atoms with Gasteiger partial charge in [-0.25, -0.2) is 0 Å². The minimum absolute atomic E-state index is 0.0833. The molecule has 0 amide bonds. The van der Waals surface area contributed by atoms with Gasteiger partial charge in [0, 0.05) is 5.97 Å². The van der Waals surface area contributed by atoms with Crippen molar-refractivity contribution in [3.05, 3.63) is 0 Å². The molecule has 4 nitrogen and oxygen atoms in total. The fraction of sp³-hybridized carbons (Fsp3) is 0.500. The predicted octanol–water partition coefficient (Wildman–Crippen LogP) is -1.24. The van der Waals surface area contributed by atoms with Gasteiger partial charge in [-0.05, 0) is 6.92 Å². The fourth-order valence-corrected chi connectivity index (χ4v) is 0. The van der Waals surface area contributed by atoms with E-state index in [2.05, 4.69) is 12.6 Å². The van der Waals surface area contributed by atoms with Crippen molar-refractivity contribution in [1.82, 2.24) is 0 Å². The fourth-order valence-electron chi connectivity index (χ4n) is 0. The van der Waals surface area contributed by atoms with Crippen LogP contribution >= 0.6 is 12.6 Å². The molecule has 0 spiro atoms. The molecule has 0 heterocycles. The van der Waals surface area contributed by atoms with Crippen molar-refractivity contribution >= 4 is 24.6 Å². The summed E-state index contributed by atoms with van der Waals surface area (Å²) in [5.74, 6) is -2.05. The zero-order chi connectivity index (χ0) is 7.86. The van der Waals surface area contributed by atoms with Crippen molar-refractivity contribution in [2.75, 3.05) is 5.75 Å². The molecule has 0 aliphatic rings. The number of carboxylic acid groups (broad SMARTS) is 2. The summed E-state index contributed by atoms with van der Waals surface area (Å²) in [5, 5.41) is 16.5. The lowest BCUT2D eigenvalue weighted by Gasteiger charge is -1.77. The van der Waals surface area contributed by atoms with Gasteiger partial charge in [-0.2, -0.15) is 12.6 Å². The molecule has 0 saturated heterocycles. The van der Waals surface area contributed by atoms with E-state index in [0.29, 0.717) is 0 Å². The molecule has 0 rings (SSSR count). The van der Waals surface area contributed by atoms with Crippen LogP contribution in [0.25, 0.3) is 0 Å². The van der Waals surface area contributed by atoms with Gasteiger partial charge < -0.3 is 15.0 Å². The van der Waals surface area contributed by atoms with E-state index < -0.39 is 11.9 Å². The molecule has 0 aromatic rings. The summed E-state index contributed by atoms with van der Waals surface area (Å²) in [6.07, 6.45) is 0. The number of aliphatic carboxylic acids is 2. The highest BCUT2D eigenvalue weighted by atomic mass is 32.1. The summed E-state index contributed by atoms with van der Waals surface area (Å²) >= 11 is 3.42. The smallest absolute Gasteiger partial charge is 0.313 e. The molecule has 0 aliphatic heterocycles. The van der Waals surface area contributed by atoms with E-state index in [0.717, 1.165) is 6.92 Å². The molecule has 0 aliphatic carbocycles. The Morgan fingerprint density at radius 3 is 1.78 bits per heavy atom. The van der Waals surface area contributed by atoms with E-state index in [9.17, 15) is 4.79 Å². The van der Waals surface area contributed by atoms with Crippen molar-refractivity contribution < 1.29 is 19.8 Å². The van der Waals surface area contributed by atoms with Crippen LogP contribution in [-0.4, -0.2) is 22.8 Å². The van der Waals surface area contributed by atoms with Crippen LogP contribution in [0.15, 0.2) is 0 Å². The number of carbonyl (C=O) groups excluding carboxylic acids is 1. The van der Waals surface area contributed by atoms with E-state index >= 15 is 0 Å². The molecule has 0 aromatic heterocycles. The van der Waals surface area contributed by atoms with Gasteiger partial charge in [0.15, 0.2) is 0 Å². The second kappa shape index (κ2) is 7.29. The molecular weight excluding hydrogens is 144 g/mol. The first-order valence-electron chi connectivity index (χ1n) is 2.01. The quantitative estimate of drug-likeness (QED) is 0.459. The lowest BCUT2D eigenvalue weighted by Crippen LogP contribution is -2.16. The third-order valence-corrected chi connectivity index (χ3v) is 0.406. The lowest BCUT2D eigenvalue weighted by atomic mass is 10.8. The Kier molecular flexibility index (Phi) is 9.02. The van der Waals surface area contributed by atoms with Gasteiger partial charge in [0.1, 0.15) is 0 Å². The first kappa shape index (κ1) is 11.1. The average molecular weight is 151 g/mol. The van der Waals surface area contributed by atoms with Gasteiger partial charge in [0.2, 0.25) is 0 Å². The Labute approximate surface area is 57.9 Å². The number of thiol groups is 1. The third-order valence-electron chi connectivity index (χ3n) is 0.135. The monoisotopic (exact) mass is 151 g/mol. The van der Waals surface area contributed by atoms with Crippen molar-refractivity contribution in [2.45, 2.75) is 6.92 Å². The molecule has 0 bridgehead atoms. The molecule has 5 heteroatoms. The second-order valence-electron chi connectivity index (χ2n) is 1.04. The van der Waals surface area contributed by atoms with Crippen molar-refractivity contribution in [2.24, 2.45) is 0 Å². The summed E-state index contributed by atoms with van der Waals surface area (Å²) in [7, 11) is 0. The average Bonchev–Trinajstić information content (AvgIpc) is 1.65. The normalized spacial score (nSPS) is 6.89. The molecule has 0 atom stereocenters. The van der Waals surface area contributed by atoms with Crippen LogP contribution in [0, 0.1) is 0 Å².